The van der Waals surface area contributed by atoms with Crippen LogP contribution >= 0.6 is 10.7 Å². The van der Waals surface area contributed by atoms with Gasteiger partial charge in [0.05, 0.1) is 34.3 Å². The van der Waals surface area contributed by atoms with E-state index in [0.717, 1.165) is 4.31 Å². The van der Waals surface area contributed by atoms with Gasteiger partial charge in [0, 0.05) is 34.4 Å². The summed E-state index contributed by atoms with van der Waals surface area (Å²) in [5, 5.41) is 0. The lowest BCUT2D eigenvalue weighted by Gasteiger charge is -2.16. The third kappa shape index (κ3) is 16.3. The van der Waals surface area contributed by atoms with E-state index in [1.165, 1.54) is 43.4 Å². The number of nitrogens with one attached hydrogen (secondary N) is 1. The maximum absolute atomic E-state index is 12.3. The van der Waals surface area contributed by atoms with E-state index in [0.29, 0.717) is 16.7 Å². The molecule has 6 aromatic carbocycles. The van der Waals surface area contributed by atoms with Crippen LogP contribution < -0.4 is 10.5 Å². The smallest absolute Gasteiger partial charge is 0.261 e. The van der Waals surface area contributed by atoms with Gasteiger partial charge in [-0.1, -0.05) is 146 Å². The van der Waals surface area contributed by atoms with Crippen LogP contribution in [0.1, 0.15) is 31.1 Å². The third-order valence-corrected chi connectivity index (χ3v) is 12.4. The fourth-order valence-corrected chi connectivity index (χ4v) is 7.61. The molecule has 0 amide bonds. The van der Waals surface area contributed by atoms with Gasteiger partial charge in [0.2, 0.25) is 20.0 Å². The van der Waals surface area contributed by atoms with Crippen molar-refractivity contribution in [1.82, 2.24) is 9.03 Å². The van der Waals surface area contributed by atoms with Gasteiger partial charge < -0.3 is 5.73 Å². The summed E-state index contributed by atoms with van der Waals surface area (Å²) in [6.07, 6.45) is 0. The average molecular weight is 876 g/mol. The molecule has 3 N–H and O–H groups in total. The van der Waals surface area contributed by atoms with Crippen LogP contribution in [0.3, 0.4) is 0 Å². The summed E-state index contributed by atoms with van der Waals surface area (Å²) in [6, 6.07) is 50.1. The van der Waals surface area contributed by atoms with Gasteiger partial charge in [-0.05, 0) is 36.4 Å². The number of rotatable bonds is 13. The van der Waals surface area contributed by atoms with Crippen LogP contribution in [-0.2, 0) is 29.1 Å². The van der Waals surface area contributed by atoms with Crippen molar-refractivity contribution in [1.29, 1.82) is 0 Å². The van der Waals surface area contributed by atoms with Gasteiger partial charge in [-0.15, -0.1) is 0 Å². The number of carbonyl (C=O) groups excluding carboxylic acids is 3. The number of hydrogen-bond donors (Lipinski definition) is 2. The van der Waals surface area contributed by atoms with Gasteiger partial charge in [-0.2, -0.15) is 4.31 Å². The number of halogens is 1. The molecule has 6 rings (SSSR count). The number of carbonyl (C=O) groups is 3. The Hall–Kier alpha value is -5.65. The van der Waals surface area contributed by atoms with E-state index >= 15 is 0 Å². The van der Waals surface area contributed by atoms with Gasteiger partial charge in [0.15, 0.2) is 17.3 Å². The molecule has 0 spiro atoms. The highest BCUT2D eigenvalue weighted by Gasteiger charge is 2.23. The molecule has 0 atom stereocenters. The molecule has 0 radical (unpaired) electrons. The zero-order valence-corrected chi connectivity index (χ0v) is 34.9. The van der Waals surface area contributed by atoms with Crippen molar-refractivity contribution in [3.05, 3.63) is 199 Å². The topological polar surface area (TPSA) is 195 Å². The molecule has 308 valence electrons. The summed E-state index contributed by atoms with van der Waals surface area (Å²) in [5.74, 6) is -0.506. The first-order valence-corrected chi connectivity index (χ1v) is 22.8. The lowest BCUT2D eigenvalue weighted by molar-refractivity contribution is 0.0970. The van der Waals surface area contributed by atoms with E-state index in [-0.39, 0.29) is 51.7 Å². The Kier molecular flexibility index (Phi) is 19.2. The highest BCUT2D eigenvalue weighted by atomic mass is 35.7. The number of likely N-dealkylation sites (N-methyl/N-ethyl adjacent to an activating group) is 1. The van der Waals surface area contributed by atoms with Crippen molar-refractivity contribution in [2.24, 2.45) is 5.73 Å². The summed E-state index contributed by atoms with van der Waals surface area (Å²) >= 11 is 0. The van der Waals surface area contributed by atoms with Crippen LogP contribution in [0.5, 0.6) is 0 Å². The number of nitrogens with two attached hydrogens (primary N) is 1. The fourth-order valence-electron chi connectivity index (χ4n) is 4.67. The Bertz CT molecular complexity index is 2560. The quantitative estimate of drug-likeness (QED) is 0.0958. The zero-order chi connectivity index (χ0) is 43.3. The summed E-state index contributed by atoms with van der Waals surface area (Å²) in [5.41, 5.74) is 6.83. The molecule has 0 aliphatic carbocycles. The van der Waals surface area contributed by atoms with E-state index in [2.05, 4.69) is 4.72 Å². The maximum atomic E-state index is 12.3. The summed E-state index contributed by atoms with van der Waals surface area (Å²) in [6.45, 7) is -0.341. The maximum Gasteiger partial charge on any atom is 0.261 e. The van der Waals surface area contributed by atoms with E-state index in [1.54, 1.807) is 127 Å². The van der Waals surface area contributed by atoms with Crippen molar-refractivity contribution < 1.29 is 39.6 Å². The minimum atomic E-state index is -3.63. The first kappa shape index (κ1) is 47.7. The van der Waals surface area contributed by atoms with E-state index in [1.807, 2.05) is 18.2 Å². The molecule has 0 aliphatic heterocycles. The number of Topliss-reactive ketones (excluding diaryl/α,β-unsaturated/α-hetero) is 3. The molecule has 16 heteroatoms. The molecule has 0 fully saturated rings. The second kappa shape index (κ2) is 23.7. The van der Waals surface area contributed by atoms with Crippen LogP contribution in [0.15, 0.2) is 197 Å². The van der Waals surface area contributed by atoms with Crippen molar-refractivity contribution in [3.63, 3.8) is 0 Å². The van der Waals surface area contributed by atoms with Gasteiger partial charge >= 0.3 is 0 Å². The Morgan fingerprint density at radius 3 is 1.17 bits per heavy atom. The summed E-state index contributed by atoms with van der Waals surface area (Å²) in [7, 11) is -4.36. The first-order valence-electron chi connectivity index (χ1n) is 17.6. The zero-order valence-electron chi connectivity index (χ0n) is 31.7. The van der Waals surface area contributed by atoms with Gasteiger partial charge in [-0.25, -0.2) is 30.0 Å². The van der Waals surface area contributed by atoms with Crippen molar-refractivity contribution in [3.8, 4) is 0 Å². The molecule has 59 heavy (non-hydrogen) atoms. The summed E-state index contributed by atoms with van der Waals surface area (Å²) in [4.78, 5) is 35.2. The van der Waals surface area contributed by atoms with Gasteiger partial charge in [0.1, 0.15) is 0 Å². The molecule has 0 aliphatic rings. The molecule has 0 aromatic heterocycles. The third-order valence-electron chi connectivity index (χ3n) is 7.79. The lowest BCUT2D eigenvalue weighted by atomic mass is 10.1. The second-order valence-electron chi connectivity index (χ2n) is 12.0. The molecule has 12 nitrogen and oxygen atoms in total. The highest BCUT2D eigenvalue weighted by molar-refractivity contribution is 8.13. The van der Waals surface area contributed by atoms with Crippen LogP contribution in [-0.4, -0.2) is 73.6 Å². The predicted molar refractivity (Wildman–Crippen MR) is 229 cm³/mol. The molecular formula is C43H42ClN3O9S3. The Morgan fingerprint density at radius 1 is 0.492 bits per heavy atom. The summed E-state index contributed by atoms with van der Waals surface area (Å²) < 4.78 is 72.9. The van der Waals surface area contributed by atoms with Crippen LogP contribution in [0.2, 0.25) is 0 Å². The van der Waals surface area contributed by atoms with Crippen LogP contribution in [0.4, 0.5) is 0 Å². The molecule has 0 heterocycles. The second-order valence-corrected chi connectivity index (χ2v) is 18.4. The standard InChI is InChI=1S/C15H15NO3S.C14H13NO3S.C8H9NO.C6H5ClO2S/c1-16(12-15(17)13-8-4-2-5-9-13)20(18,19)14-10-6-3-7-11-14;16-14(12-7-3-1-4-8-12)11-15-19(17,18)13-9-5-2-6-10-13;9-6-8(10)7-4-2-1-3-5-7;7-10(8,9)6-4-2-1-3-5-6/h2-11H,12H2,1H3;1-10,15H,11H2;1-5H,6,9H2;1-5H. The largest absolute Gasteiger partial charge is 0.324 e. The monoisotopic (exact) mass is 875 g/mol. The SMILES string of the molecule is CN(CC(=O)c1ccccc1)S(=O)(=O)c1ccccc1.NCC(=O)c1ccccc1.O=C(CNS(=O)(=O)c1ccccc1)c1ccccc1.O=S(=O)(Cl)c1ccccc1. The molecule has 0 saturated carbocycles. The van der Waals surface area contributed by atoms with Crippen LogP contribution in [0, 0.1) is 0 Å². The Balaban J connectivity index is 0.000000221. The lowest BCUT2D eigenvalue weighted by Crippen LogP contribution is -2.32. The van der Waals surface area contributed by atoms with Crippen molar-refractivity contribution in [2.75, 3.05) is 26.7 Å². The number of nitrogens with zero attached hydrogens (tertiary/aromatic N) is 1. The highest BCUT2D eigenvalue weighted by Crippen LogP contribution is 2.15. The minimum Gasteiger partial charge on any atom is -0.324 e. The van der Waals surface area contributed by atoms with E-state index < -0.39 is 29.1 Å². The first-order chi connectivity index (χ1) is 28.1. The normalized spacial score (nSPS) is 11.0. The fraction of sp³-hybridized carbons (Fsp3) is 0.0930. The molecule has 6 aromatic rings. The number of ketones is 3. The Labute approximate surface area is 349 Å². The van der Waals surface area contributed by atoms with E-state index in [9.17, 15) is 39.6 Å². The number of hydrogen-bond acceptors (Lipinski definition) is 10. The molecular weight excluding hydrogens is 834 g/mol. The van der Waals surface area contributed by atoms with Gasteiger partial charge in [0.25, 0.3) is 9.05 Å². The molecule has 0 saturated heterocycles. The van der Waals surface area contributed by atoms with Crippen molar-refractivity contribution >= 4 is 57.1 Å². The van der Waals surface area contributed by atoms with Crippen molar-refractivity contribution in [2.45, 2.75) is 14.7 Å². The average Bonchev–Trinajstić information content (AvgIpc) is 3.27. The predicted octanol–water partition coefficient (Wildman–Crippen LogP) is 6.48. The van der Waals surface area contributed by atoms with E-state index in [4.69, 9.17) is 16.4 Å². The molecule has 0 bridgehead atoms. The number of benzene rings is 6. The minimum absolute atomic E-state index is 0.0133. The van der Waals surface area contributed by atoms with Gasteiger partial charge in [-0.3, -0.25) is 14.4 Å². The Morgan fingerprint density at radius 2 is 0.814 bits per heavy atom. The molecule has 0 unspecified atom stereocenters. The number of sulfonamides is 2. The van der Waals surface area contributed by atoms with Crippen LogP contribution in [0.25, 0.3) is 0 Å².